The van der Waals surface area contributed by atoms with Crippen molar-refractivity contribution in [2.75, 3.05) is 12.3 Å². The highest BCUT2D eigenvalue weighted by molar-refractivity contribution is 7.92. The van der Waals surface area contributed by atoms with Crippen molar-refractivity contribution in [1.29, 1.82) is 0 Å². The first-order valence-corrected chi connectivity index (χ1v) is 7.52. The topological polar surface area (TPSA) is 72.5 Å². The molecule has 6 heteroatoms. The van der Waals surface area contributed by atoms with Gasteiger partial charge in [0.1, 0.15) is 5.75 Å². The van der Waals surface area contributed by atoms with Gasteiger partial charge in [-0.25, -0.2) is 13.2 Å². The molecule has 1 amide bonds. The monoisotopic (exact) mass is 269 g/mol. The van der Waals surface area contributed by atoms with Crippen LogP contribution >= 0.6 is 0 Å². The molecule has 0 saturated carbocycles. The Hall–Kier alpha value is -1.56. The number of hydrogen-bond donors (Lipinski definition) is 1. The van der Waals surface area contributed by atoms with E-state index in [1.165, 1.54) is 0 Å². The van der Waals surface area contributed by atoms with Gasteiger partial charge in [0.15, 0.2) is 9.84 Å². The lowest BCUT2D eigenvalue weighted by Crippen LogP contribution is -2.36. The van der Waals surface area contributed by atoms with E-state index < -0.39 is 21.2 Å². The standard InChI is InChI=1S/C12H15NO4S/c14-12(17-10-5-2-1-3-6-10)13-9-11-7-4-8-18(11,15)16/h1-3,5-6,11H,4,7-9H2,(H,13,14). The first-order chi connectivity index (χ1) is 8.58. The molecule has 1 aromatic carbocycles. The summed E-state index contributed by atoms with van der Waals surface area (Å²) in [5.41, 5.74) is 0. The highest BCUT2D eigenvalue weighted by atomic mass is 32.2. The van der Waals surface area contributed by atoms with E-state index in [0.29, 0.717) is 18.6 Å². The molecule has 0 aliphatic carbocycles. The second-order valence-electron chi connectivity index (χ2n) is 4.21. The van der Waals surface area contributed by atoms with Gasteiger partial charge in [-0.15, -0.1) is 0 Å². The largest absolute Gasteiger partial charge is 0.412 e. The highest BCUT2D eigenvalue weighted by Gasteiger charge is 2.31. The van der Waals surface area contributed by atoms with E-state index in [1.807, 2.05) is 6.07 Å². The number of amides is 1. The lowest BCUT2D eigenvalue weighted by atomic mass is 10.2. The third-order valence-electron chi connectivity index (χ3n) is 2.89. The van der Waals surface area contributed by atoms with Gasteiger partial charge in [-0.2, -0.15) is 0 Å². The normalized spacial score (nSPS) is 21.4. The van der Waals surface area contributed by atoms with E-state index >= 15 is 0 Å². The van der Waals surface area contributed by atoms with Gasteiger partial charge >= 0.3 is 6.09 Å². The zero-order chi connectivity index (χ0) is 13.0. The number of carbonyl (C=O) groups is 1. The SMILES string of the molecule is O=C(NCC1CCCS1(=O)=O)Oc1ccccc1. The predicted molar refractivity (Wildman–Crippen MR) is 67.3 cm³/mol. The zero-order valence-corrected chi connectivity index (χ0v) is 10.7. The van der Waals surface area contributed by atoms with Crippen LogP contribution in [0, 0.1) is 0 Å². The molecule has 1 unspecified atom stereocenters. The Balaban J connectivity index is 1.82. The van der Waals surface area contributed by atoms with Gasteiger partial charge in [-0.1, -0.05) is 18.2 Å². The van der Waals surface area contributed by atoms with Gasteiger partial charge in [0, 0.05) is 6.54 Å². The summed E-state index contributed by atoms with van der Waals surface area (Å²) in [7, 11) is -3.03. The van der Waals surface area contributed by atoms with Crippen LogP contribution in [-0.4, -0.2) is 32.1 Å². The zero-order valence-electron chi connectivity index (χ0n) is 9.83. The van der Waals surface area contributed by atoms with Crippen LogP contribution < -0.4 is 10.1 Å². The molecule has 18 heavy (non-hydrogen) atoms. The summed E-state index contributed by atoms with van der Waals surface area (Å²) in [6.07, 6.45) is 0.652. The molecule has 0 radical (unpaired) electrons. The summed E-state index contributed by atoms with van der Waals surface area (Å²) < 4.78 is 28.1. The first-order valence-electron chi connectivity index (χ1n) is 5.80. The molecule has 1 aromatic rings. The molecular weight excluding hydrogens is 254 g/mol. The van der Waals surface area contributed by atoms with Gasteiger partial charge in [0.25, 0.3) is 0 Å². The molecule has 5 nitrogen and oxygen atoms in total. The van der Waals surface area contributed by atoms with Crippen molar-refractivity contribution in [3.05, 3.63) is 30.3 Å². The second-order valence-corrected chi connectivity index (χ2v) is 6.62. The van der Waals surface area contributed by atoms with Crippen LogP contribution in [0.3, 0.4) is 0 Å². The number of sulfone groups is 1. The molecule has 0 bridgehead atoms. The maximum atomic E-state index is 11.5. The van der Waals surface area contributed by atoms with Crippen LogP contribution in [0.1, 0.15) is 12.8 Å². The first kappa shape index (κ1) is 12.9. The lowest BCUT2D eigenvalue weighted by Gasteiger charge is -2.10. The number of para-hydroxylation sites is 1. The molecular formula is C12H15NO4S. The molecule has 1 aliphatic rings. The number of ether oxygens (including phenoxy) is 1. The van der Waals surface area contributed by atoms with Gasteiger partial charge < -0.3 is 10.1 Å². The predicted octanol–water partition coefficient (Wildman–Crippen LogP) is 1.35. The molecule has 1 saturated heterocycles. The minimum absolute atomic E-state index is 0.119. The average Bonchev–Trinajstić information content (AvgIpc) is 2.67. The Morgan fingerprint density at radius 1 is 1.33 bits per heavy atom. The summed E-state index contributed by atoms with van der Waals surface area (Å²) in [5, 5.41) is 2.02. The second kappa shape index (κ2) is 5.39. The number of benzene rings is 1. The Morgan fingerprint density at radius 2 is 2.06 bits per heavy atom. The summed E-state index contributed by atoms with van der Waals surface area (Å²) in [6, 6.07) is 8.64. The van der Waals surface area contributed by atoms with Crippen LogP contribution in [0.2, 0.25) is 0 Å². The quantitative estimate of drug-likeness (QED) is 0.899. The van der Waals surface area contributed by atoms with Gasteiger partial charge in [-0.05, 0) is 25.0 Å². The van der Waals surface area contributed by atoms with E-state index in [4.69, 9.17) is 4.74 Å². The Kier molecular flexibility index (Phi) is 3.86. The fourth-order valence-corrected chi connectivity index (χ4v) is 3.68. The number of carbonyl (C=O) groups excluding carboxylic acids is 1. The molecule has 98 valence electrons. The molecule has 1 fully saturated rings. The molecule has 0 spiro atoms. The average molecular weight is 269 g/mol. The van der Waals surface area contributed by atoms with Crippen molar-refractivity contribution in [2.24, 2.45) is 0 Å². The molecule has 1 aliphatic heterocycles. The van der Waals surface area contributed by atoms with Crippen LogP contribution in [0.15, 0.2) is 30.3 Å². The highest BCUT2D eigenvalue weighted by Crippen LogP contribution is 2.19. The summed E-state index contributed by atoms with van der Waals surface area (Å²) >= 11 is 0. The summed E-state index contributed by atoms with van der Waals surface area (Å²) in [6.45, 7) is 0.119. The van der Waals surface area contributed by atoms with Crippen LogP contribution in [0.25, 0.3) is 0 Å². The van der Waals surface area contributed by atoms with Gasteiger partial charge in [0.05, 0.1) is 11.0 Å². The maximum absolute atomic E-state index is 11.5. The Morgan fingerprint density at radius 3 is 2.67 bits per heavy atom. The molecule has 0 aromatic heterocycles. The molecule has 1 heterocycles. The van der Waals surface area contributed by atoms with Crippen molar-refractivity contribution < 1.29 is 17.9 Å². The van der Waals surface area contributed by atoms with Crippen molar-refractivity contribution in [3.8, 4) is 5.75 Å². The number of nitrogens with one attached hydrogen (secondary N) is 1. The van der Waals surface area contributed by atoms with E-state index in [9.17, 15) is 13.2 Å². The van der Waals surface area contributed by atoms with Crippen molar-refractivity contribution in [1.82, 2.24) is 5.32 Å². The van der Waals surface area contributed by atoms with E-state index in [-0.39, 0.29) is 12.3 Å². The summed E-state index contributed by atoms with van der Waals surface area (Å²) in [5.74, 6) is 0.650. The smallest absolute Gasteiger partial charge is 0.410 e. The Labute approximate surface area is 106 Å². The molecule has 1 atom stereocenters. The number of hydrogen-bond acceptors (Lipinski definition) is 4. The minimum Gasteiger partial charge on any atom is -0.410 e. The van der Waals surface area contributed by atoms with E-state index in [1.54, 1.807) is 24.3 Å². The lowest BCUT2D eigenvalue weighted by molar-refractivity contribution is 0.200. The van der Waals surface area contributed by atoms with Crippen molar-refractivity contribution in [3.63, 3.8) is 0 Å². The third kappa shape index (κ3) is 3.22. The Bertz CT molecular complexity index is 512. The van der Waals surface area contributed by atoms with Crippen molar-refractivity contribution in [2.45, 2.75) is 18.1 Å². The molecule has 2 rings (SSSR count). The van der Waals surface area contributed by atoms with Gasteiger partial charge in [0.2, 0.25) is 0 Å². The molecule has 1 N–H and O–H groups in total. The number of rotatable bonds is 3. The van der Waals surface area contributed by atoms with E-state index in [0.717, 1.165) is 0 Å². The van der Waals surface area contributed by atoms with Crippen molar-refractivity contribution >= 4 is 15.9 Å². The summed E-state index contributed by atoms with van der Waals surface area (Å²) in [4.78, 5) is 11.5. The van der Waals surface area contributed by atoms with Crippen LogP contribution in [0.4, 0.5) is 4.79 Å². The minimum atomic E-state index is -3.03. The van der Waals surface area contributed by atoms with E-state index in [2.05, 4.69) is 5.32 Å². The van der Waals surface area contributed by atoms with Crippen LogP contribution in [0.5, 0.6) is 5.75 Å². The fourth-order valence-electron chi connectivity index (χ4n) is 1.92. The van der Waals surface area contributed by atoms with Gasteiger partial charge in [-0.3, -0.25) is 0 Å². The third-order valence-corrected chi connectivity index (χ3v) is 5.17. The van der Waals surface area contributed by atoms with Crippen LogP contribution in [-0.2, 0) is 9.84 Å². The maximum Gasteiger partial charge on any atom is 0.412 e. The fraction of sp³-hybridized carbons (Fsp3) is 0.417.